The van der Waals surface area contributed by atoms with Crippen molar-refractivity contribution in [3.63, 3.8) is 0 Å². The van der Waals surface area contributed by atoms with Crippen molar-refractivity contribution in [1.82, 2.24) is 9.88 Å². The number of hydrogen-bond donors (Lipinski definition) is 1. The topological polar surface area (TPSA) is 62.7 Å². The Morgan fingerprint density at radius 1 is 1.69 bits per heavy atom. The van der Waals surface area contributed by atoms with Crippen LogP contribution in [0.5, 0.6) is 5.88 Å². The molecule has 1 aromatic rings. The maximum absolute atomic E-state index is 10.6. The zero-order valence-electron chi connectivity index (χ0n) is 9.09. The molecule has 0 aliphatic carbocycles. The molecule has 0 aromatic carbocycles. The molecule has 0 bridgehead atoms. The molecule has 0 atom stereocenters. The number of carboxylic acid groups (broad SMARTS) is 1. The number of ether oxygens (including phenoxy) is 1. The number of likely N-dealkylation sites (tertiary alicyclic amines) is 1. The molecule has 0 amide bonds. The number of pyridine rings is 1. The van der Waals surface area contributed by atoms with E-state index in [2.05, 4.69) is 9.88 Å². The zero-order chi connectivity index (χ0) is 11.5. The average Bonchev–Trinajstić information content (AvgIpc) is 2.22. The zero-order valence-corrected chi connectivity index (χ0v) is 9.09. The van der Waals surface area contributed by atoms with Gasteiger partial charge in [0, 0.05) is 31.4 Å². The van der Waals surface area contributed by atoms with Crippen LogP contribution in [-0.4, -0.2) is 41.2 Å². The third-order valence-electron chi connectivity index (χ3n) is 2.74. The van der Waals surface area contributed by atoms with Crippen LogP contribution in [-0.2, 0) is 11.3 Å². The Morgan fingerprint density at radius 2 is 2.44 bits per heavy atom. The van der Waals surface area contributed by atoms with E-state index in [1.807, 2.05) is 12.1 Å². The highest BCUT2D eigenvalue weighted by atomic mass is 16.5. The summed E-state index contributed by atoms with van der Waals surface area (Å²) in [6.45, 7) is 1.90. The highest BCUT2D eigenvalue weighted by molar-refractivity contribution is 5.71. The van der Waals surface area contributed by atoms with Crippen molar-refractivity contribution in [2.75, 3.05) is 20.2 Å². The first-order valence-electron chi connectivity index (χ1n) is 5.13. The maximum atomic E-state index is 10.6. The van der Waals surface area contributed by atoms with E-state index in [-0.39, 0.29) is 5.92 Å². The molecule has 0 radical (unpaired) electrons. The van der Waals surface area contributed by atoms with E-state index >= 15 is 0 Å². The summed E-state index contributed by atoms with van der Waals surface area (Å²) in [5.74, 6) is -0.321. The highest BCUT2D eigenvalue weighted by Crippen LogP contribution is 2.22. The number of methoxy groups -OCH3 is 1. The second kappa shape index (κ2) is 4.49. The van der Waals surface area contributed by atoms with Gasteiger partial charge in [0.15, 0.2) is 0 Å². The summed E-state index contributed by atoms with van der Waals surface area (Å²) >= 11 is 0. The molecule has 5 nitrogen and oxygen atoms in total. The minimum Gasteiger partial charge on any atom is -0.481 e. The second-order valence-corrected chi connectivity index (χ2v) is 3.90. The largest absolute Gasteiger partial charge is 0.481 e. The fourth-order valence-corrected chi connectivity index (χ4v) is 1.82. The first kappa shape index (κ1) is 10.9. The molecule has 1 aliphatic rings. The molecule has 1 N–H and O–H groups in total. The summed E-state index contributed by atoms with van der Waals surface area (Å²) in [6, 6.07) is 3.80. The Labute approximate surface area is 93.7 Å². The van der Waals surface area contributed by atoms with Gasteiger partial charge in [-0.15, -0.1) is 0 Å². The summed E-state index contributed by atoms with van der Waals surface area (Å²) in [5.41, 5.74) is 0.994. The van der Waals surface area contributed by atoms with Crippen molar-refractivity contribution >= 4 is 5.97 Å². The smallest absolute Gasteiger partial charge is 0.309 e. The van der Waals surface area contributed by atoms with Gasteiger partial charge >= 0.3 is 5.97 Å². The van der Waals surface area contributed by atoms with Crippen molar-refractivity contribution in [1.29, 1.82) is 0 Å². The quantitative estimate of drug-likeness (QED) is 0.808. The van der Waals surface area contributed by atoms with Crippen LogP contribution in [0.1, 0.15) is 5.56 Å². The molecule has 0 saturated carbocycles. The fraction of sp³-hybridized carbons (Fsp3) is 0.455. The molecule has 1 aliphatic heterocycles. The Hall–Kier alpha value is -1.62. The second-order valence-electron chi connectivity index (χ2n) is 3.90. The first-order chi connectivity index (χ1) is 7.70. The van der Waals surface area contributed by atoms with Gasteiger partial charge in [0.1, 0.15) is 0 Å². The van der Waals surface area contributed by atoms with Gasteiger partial charge in [-0.2, -0.15) is 0 Å². The number of hydrogen-bond acceptors (Lipinski definition) is 4. The van der Waals surface area contributed by atoms with Gasteiger partial charge in [0.05, 0.1) is 13.0 Å². The van der Waals surface area contributed by atoms with E-state index in [4.69, 9.17) is 9.84 Å². The lowest BCUT2D eigenvalue weighted by molar-refractivity contribution is -0.147. The molecule has 0 unspecified atom stereocenters. The standard InChI is InChI=1S/C11H14N2O3/c1-16-10-8(3-2-4-12-10)5-13-6-9(7-13)11(14)15/h2-4,9H,5-7H2,1H3,(H,14,15). The van der Waals surface area contributed by atoms with Crippen LogP contribution >= 0.6 is 0 Å². The summed E-state index contributed by atoms with van der Waals surface area (Å²) in [7, 11) is 1.59. The van der Waals surface area contributed by atoms with Crippen molar-refractivity contribution < 1.29 is 14.6 Å². The van der Waals surface area contributed by atoms with Gasteiger partial charge in [-0.25, -0.2) is 4.98 Å². The first-order valence-corrected chi connectivity index (χ1v) is 5.13. The van der Waals surface area contributed by atoms with E-state index in [1.165, 1.54) is 0 Å². The molecule has 16 heavy (non-hydrogen) atoms. The van der Waals surface area contributed by atoms with Gasteiger partial charge < -0.3 is 9.84 Å². The van der Waals surface area contributed by atoms with Gasteiger partial charge in [-0.3, -0.25) is 9.69 Å². The number of rotatable bonds is 4. The third-order valence-corrected chi connectivity index (χ3v) is 2.74. The molecule has 86 valence electrons. The van der Waals surface area contributed by atoms with Gasteiger partial charge in [0.25, 0.3) is 0 Å². The normalized spacial score (nSPS) is 16.8. The van der Waals surface area contributed by atoms with Crippen LogP contribution in [0.4, 0.5) is 0 Å². The van der Waals surface area contributed by atoms with Crippen LogP contribution in [0.2, 0.25) is 0 Å². The molecular formula is C11H14N2O3. The maximum Gasteiger partial charge on any atom is 0.309 e. The SMILES string of the molecule is COc1ncccc1CN1CC(C(=O)O)C1. The van der Waals surface area contributed by atoms with Crippen LogP contribution in [0, 0.1) is 5.92 Å². The van der Waals surface area contributed by atoms with Crippen molar-refractivity contribution in [3.8, 4) is 5.88 Å². The van der Waals surface area contributed by atoms with Crippen molar-refractivity contribution in [3.05, 3.63) is 23.9 Å². The summed E-state index contributed by atoms with van der Waals surface area (Å²) in [6.07, 6.45) is 1.68. The van der Waals surface area contributed by atoms with Crippen molar-refractivity contribution in [2.24, 2.45) is 5.92 Å². The third kappa shape index (κ3) is 2.14. The molecule has 2 heterocycles. The van der Waals surface area contributed by atoms with Crippen LogP contribution in [0.25, 0.3) is 0 Å². The van der Waals surface area contributed by atoms with Crippen LogP contribution in [0.3, 0.4) is 0 Å². The molecule has 0 spiro atoms. The Kier molecular flexibility index (Phi) is 3.05. The van der Waals surface area contributed by atoms with Gasteiger partial charge in [-0.1, -0.05) is 6.07 Å². The molecule has 1 aromatic heterocycles. The number of carbonyl (C=O) groups is 1. The van der Waals surface area contributed by atoms with Gasteiger partial charge in [-0.05, 0) is 6.07 Å². The number of nitrogens with zero attached hydrogens (tertiary/aromatic N) is 2. The minimum atomic E-state index is -0.714. The molecular weight excluding hydrogens is 208 g/mol. The molecule has 2 rings (SSSR count). The monoisotopic (exact) mass is 222 g/mol. The van der Waals surface area contributed by atoms with E-state index in [9.17, 15) is 4.79 Å². The lowest BCUT2D eigenvalue weighted by Crippen LogP contribution is -2.49. The predicted molar refractivity (Wildman–Crippen MR) is 57.2 cm³/mol. The Bertz CT molecular complexity index is 389. The number of carboxylic acids is 1. The molecule has 1 saturated heterocycles. The predicted octanol–water partition coefficient (Wildman–Crippen LogP) is 0.607. The lowest BCUT2D eigenvalue weighted by atomic mass is 10.00. The Morgan fingerprint density at radius 3 is 3.06 bits per heavy atom. The van der Waals surface area contributed by atoms with Crippen LogP contribution in [0.15, 0.2) is 18.3 Å². The summed E-state index contributed by atoms with van der Waals surface area (Å²) in [5, 5.41) is 8.75. The average molecular weight is 222 g/mol. The summed E-state index contributed by atoms with van der Waals surface area (Å²) in [4.78, 5) is 16.8. The van der Waals surface area contributed by atoms with Crippen molar-refractivity contribution in [2.45, 2.75) is 6.54 Å². The summed E-state index contributed by atoms with van der Waals surface area (Å²) < 4.78 is 5.13. The number of aliphatic carboxylic acids is 1. The van der Waals surface area contributed by atoms with E-state index < -0.39 is 5.97 Å². The van der Waals surface area contributed by atoms with E-state index in [0.717, 1.165) is 5.56 Å². The molecule has 5 heteroatoms. The van der Waals surface area contributed by atoms with Crippen LogP contribution < -0.4 is 4.74 Å². The minimum absolute atomic E-state index is 0.220. The fourth-order valence-electron chi connectivity index (χ4n) is 1.82. The van der Waals surface area contributed by atoms with Gasteiger partial charge in [0.2, 0.25) is 5.88 Å². The Balaban J connectivity index is 1.93. The number of aromatic nitrogens is 1. The lowest BCUT2D eigenvalue weighted by Gasteiger charge is -2.36. The highest BCUT2D eigenvalue weighted by Gasteiger charge is 2.32. The van der Waals surface area contributed by atoms with E-state index in [0.29, 0.717) is 25.5 Å². The molecule has 1 fully saturated rings. The van der Waals surface area contributed by atoms with E-state index in [1.54, 1.807) is 13.3 Å².